The van der Waals surface area contributed by atoms with Gasteiger partial charge in [0.2, 0.25) is 0 Å². The average molecular weight is 323 g/mol. The quantitative estimate of drug-likeness (QED) is 0.865. The van der Waals surface area contributed by atoms with E-state index in [1.165, 1.54) is 0 Å². The van der Waals surface area contributed by atoms with Gasteiger partial charge in [-0.05, 0) is 24.6 Å². The molecule has 0 radical (unpaired) electrons. The standard InChI is InChI=1S/C18H17N3OS/c1-14-7-9-16(10-8-14)23(22)17-12-20-21-18(17,13-19)11-15-5-3-2-4-6-15/h2-10,17H,11-12H2,1H3/t17-,18-,23-/m0/s1. The van der Waals surface area contributed by atoms with Gasteiger partial charge in [0.1, 0.15) is 5.25 Å². The molecule has 3 rings (SSSR count). The molecule has 0 spiro atoms. The van der Waals surface area contributed by atoms with Gasteiger partial charge in [0.05, 0.1) is 23.4 Å². The predicted octanol–water partition coefficient (Wildman–Crippen LogP) is 3.44. The highest BCUT2D eigenvalue weighted by molar-refractivity contribution is 7.85. The van der Waals surface area contributed by atoms with Crippen molar-refractivity contribution in [2.45, 2.75) is 29.0 Å². The number of hydrogen-bond donors (Lipinski definition) is 0. The summed E-state index contributed by atoms with van der Waals surface area (Å²) in [6, 6.07) is 19.6. The van der Waals surface area contributed by atoms with Gasteiger partial charge in [0.25, 0.3) is 0 Å². The molecule has 4 nitrogen and oxygen atoms in total. The predicted molar refractivity (Wildman–Crippen MR) is 89.6 cm³/mol. The van der Waals surface area contributed by atoms with Crippen LogP contribution >= 0.6 is 0 Å². The summed E-state index contributed by atoms with van der Waals surface area (Å²) in [7, 11) is -1.32. The van der Waals surface area contributed by atoms with Crippen molar-refractivity contribution < 1.29 is 4.21 Å². The van der Waals surface area contributed by atoms with Crippen molar-refractivity contribution in [1.82, 2.24) is 0 Å². The first kappa shape index (κ1) is 15.6. The van der Waals surface area contributed by atoms with E-state index in [1.807, 2.05) is 61.5 Å². The Morgan fingerprint density at radius 3 is 2.57 bits per heavy atom. The fraction of sp³-hybridized carbons (Fsp3) is 0.278. The molecule has 0 bridgehead atoms. The summed E-state index contributed by atoms with van der Waals surface area (Å²) in [6.45, 7) is 2.31. The van der Waals surface area contributed by atoms with E-state index in [4.69, 9.17) is 0 Å². The van der Waals surface area contributed by atoms with Gasteiger partial charge in [-0.25, -0.2) is 0 Å². The lowest BCUT2D eigenvalue weighted by Crippen LogP contribution is -2.42. The van der Waals surface area contributed by atoms with Gasteiger partial charge < -0.3 is 0 Å². The molecule has 1 aliphatic heterocycles. The third kappa shape index (κ3) is 3.08. The van der Waals surface area contributed by atoms with Crippen LogP contribution in [0.4, 0.5) is 0 Å². The number of rotatable bonds is 4. The van der Waals surface area contributed by atoms with Crippen LogP contribution in [0.25, 0.3) is 0 Å². The fourth-order valence-corrected chi connectivity index (χ4v) is 4.20. The molecule has 116 valence electrons. The number of hydrogen-bond acceptors (Lipinski definition) is 4. The zero-order valence-electron chi connectivity index (χ0n) is 12.8. The summed E-state index contributed by atoms with van der Waals surface area (Å²) in [5.74, 6) is 0. The van der Waals surface area contributed by atoms with Gasteiger partial charge in [0.15, 0.2) is 5.54 Å². The zero-order chi connectivity index (χ0) is 16.3. The van der Waals surface area contributed by atoms with Gasteiger partial charge in [-0.15, -0.1) is 0 Å². The summed E-state index contributed by atoms with van der Waals surface area (Å²) in [5.41, 5.74) is 1.06. The number of nitrogens with zero attached hydrogens (tertiary/aromatic N) is 3. The number of benzene rings is 2. The molecule has 3 atom stereocenters. The fourth-order valence-electron chi connectivity index (χ4n) is 2.73. The Labute approximate surface area is 138 Å². The van der Waals surface area contributed by atoms with Crippen LogP contribution in [0.15, 0.2) is 69.7 Å². The van der Waals surface area contributed by atoms with Crippen molar-refractivity contribution in [3.8, 4) is 6.07 Å². The van der Waals surface area contributed by atoms with Crippen LogP contribution in [0, 0.1) is 18.3 Å². The molecule has 0 aromatic heterocycles. The number of nitriles is 1. The maximum Gasteiger partial charge on any atom is 0.187 e. The Hall–Kier alpha value is -2.32. The Morgan fingerprint density at radius 1 is 1.22 bits per heavy atom. The third-order valence-electron chi connectivity index (χ3n) is 4.05. The normalized spacial score (nSPS) is 24.3. The van der Waals surface area contributed by atoms with E-state index >= 15 is 0 Å². The third-order valence-corrected chi connectivity index (χ3v) is 5.84. The maximum absolute atomic E-state index is 13.0. The number of azo groups is 1. The lowest BCUT2D eigenvalue weighted by molar-refractivity contribution is 0.546. The molecule has 0 N–H and O–H groups in total. The molecule has 0 saturated heterocycles. The Balaban J connectivity index is 1.90. The monoisotopic (exact) mass is 323 g/mol. The first-order valence-electron chi connectivity index (χ1n) is 7.46. The second-order valence-corrected chi connectivity index (χ2v) is 7.36. The molecule has 0 unspecified atom stereocenters. The smallest absolute Gasteiger partial charge is 0.187 e. The van der Waals surface area contributed by atoms with E-state index in [-0.39, 0.29) is 0 Å². The zero-order valence-corrected chi connectivity index (χ0v) is 13.7. The van der Waals surface area contributed by atoms with Crippen LogP contribution in [0.3, 0.4) is 0 Å². The van der Waals surface area contributed by atoms with Crippen molar-refractivity contribution in [3.05, 3.63) is 65.7 Å². The van der Waals surface area contributed by atoms with Gasteiger partial charge in [-0.1, -0.05) is 48.0 Å². The summed E-state index contributed by atoms with van der Waals surface area (Å²) >= 11 is 0. The van der Waals surface area contributed by atoms with E-state index in [9.17, 15) is 9.47 Å². The Bertz CT molecular complexity index is 780. The van der Waals surface area contributed by atoms with Gasteiger partial charge in [0, 0.05) is 11.3 Å². The molecule has 0 saturated carbocycles. The molecule has 1 aliphatic rings. The second-order valence-electron chi connectivity index (χ2n) is 5.72. The molecule has 0 amide bonds. The topological polar surface area (TPSA) is 65.6 Å². The Kier molecular flexibility index (Phi) is 4.35. The van der Waals surface area contributed by atoms with E-state index in [0.29, 0.717) is 13.0 Å². The van der Waals surface area contributed by atoms with Crippen LogP contribution in [0.5, 0.6) is 0 Å². The molecule has 23 heavy (non-hydrogen) atoms. The average Bonchev–Trinajstić information content (AvgIpc) is 3.00. The molecular weight excluding hydrogens is 306 g/mol. The van der Waals surface area contributed by atoms with Crippen molar-refractivity contribution >= 4 is 10.8 Å². The van der Waals surface area contributed by atoms with E-state index < -0.39 is 21.6 Å². The Morgan fingerprint density at radius 2 is 1.91 bits per heavy atom. The first-order valence-corrected chi connectivity index (χ1v) is 8.67. The van der Waals surface area contributed by atoms with Crippen molar-refractivity contribution in [2.75, 3.05) is 6.54 Å². The maximum atomic E-state index is 13.0. The largest absolute Gasteiger partial charge is 0.254 e. The van der Waals surface area contributed by atoms with E-state index in [2.05, 4.69) is 16.3 Å². The van der Waals surface area contributed by atoms with Crippen LogP contribution in [0.2, 0.25) is 0 Å². The molecule has 0 aliphatic carbocycles. The number of aryl methyl sites for hydroxylation is 1. The highest BCUT2D eigenvalue weighted by Crippen LogP contribution is 2.33. The minimum absolute atomic E-state index is 0.320. The minimum Gasteiger partial charge on any atom is -0.254 e. The lowest BCUT2D eigenvalue weighted by Gasteiger charge is -2.24. The van der Waals surface area contributed by atoms with Crippen LogP contribution in [-0.2, 0) is 17.2 Å². The van der Waals surface area contributed by atoms with Gasteiger partial charge >= 0.3 is 0 Å². The lowest BCUT2D eigenvalue weighted by atomic mass is 9.90. The van der Waals surface area contributed by atoms with Crippen LogP contribution in [-0.4, -0.2) is 21.5 Å². The first-order chi connectivity index (χ1) is 11.1. The minimum atomic E-state index is -1.32. The highest BCUT2D eigenvalue weighted by Gasteiger charge is 2.47. The summed E-state index contributed by atoms with van der Waals surface area (Å²) in [4.78, 5) is 0.723. The van der Waals surface area contributed by atoms with Gasteiger partial charge in [-0.2, -0.15) is 15.5 Å². The van der Waals surface area contributed by atoms with Crippen LogP contribution in [0.1, 0.15) is 11.1 Å². The van der Waals surface area contributed by atoms with Gasteiger partial charge in [-0.3, -0.25) is 4.21 Å². The highest BCUT2D eigenvalue weighted by atomic mass is 32.2. The van der Waals surface area contributed by atoms with Crippen LogP contribution < -0.4 is 0 Å². The summed E-state index contributed by atoms with van der Waals surface area (Å²) in [5, 5.41) is 17.6. The van der Waals surface area contributed by atoms with Crippen molar-refractivity contribution in [2.24, 2.45) is 10.2 Å². The summed E-state index contributed by atoms with van der Waals surface area (Å²) < 4.78 is 13.0. The van der Waals surface area contributed by atoms with Crippen molar-refractivity contribution in [3.63, 3.8) is 0 Å². The molecule has 5 heteroatoms. The summed E-state index contributed by atoms with van der Waals surface area (Å²) in [6.07, 6.45) is 0.427. The van der Waals surface area contributed by atoms with E-state index in [0.717, 1.165) is 16.0 Å². The molecule has 2 aromatic carbocycles. The molecule has 1 heterocycles. The molecular formula is C18H17N3OS. The SMILES string of the molecule is Cc1ccc([S@](=O)[C@H]2CN=N[C@]2(C#N)Cc2ccccc2)cc1. The second kappa shape index (κ2) is 6.43. The van der Waals surface area contributed by atoms with E-state index in [1.54, 1.807) is 0 Å². The molecule has 0 fully saturated rings. The van der Waals surface area contributed by atoms with Crippen molar-refractivity contribution in [1.29, 1.82) is 5.26 Å². The molecule has 2 aromatic rings.